The lowest BCUT2D eigenvalue weighted by molar-refractivity contribution is -0.126. The number of benzene rings is 1. The number of hydrogen-bond acceptors (Lipinski definition) is 10. The molecule has 12 nitrogen and oxygen atoms in total. The van der Waals surface area contributed by atoms with E-state index in [0.29, 0.717) is 60.4 Å². The lowest BCUT2D eigenvalue weighted by Gasteiger charge is -2.35. The van der Waals surface area contributed by atoms with Crippen molar-refractivity contribution in [3.63, 3.8) is 0 Å². The summed E-state index contributed by atoms with van der Waals surface area (Å²) in [5.74, 6) is -0.288. The molecule has 1 N–H and O–H groups in total. The molecule has 0 unspecified atom stereocenters. The third-order valence-electron chi connectivity index (χ3n) is 7.83. The van der Waals surface area contributed by atoms with Crippen LogP contribution in [0, 0.1) is 5.82 Å². The molecule has 1 amide bonds. The number of likely N-dealkylation sites (N-methyl/N-ethyl adjacent to an activating group) is 1. The molecule has 0 spiro atoms. The van der Waals surface area contributed by atoms with E-state index in [1.165, 1.54) is 18.3 Å². The normalized spacial score (nSPS) is 19.4. The quantitative estimate of drug-likeness (QED) is 0.225. The number of rotatable bonds is 8. The van der Waals surface area contributed by atoms with E-state index in [9.17, 15) is 9.18 Å². The van der Waals surface area contributed by atoms with E-state index in [1.807, 2.05) is 11.9 Å². The van der Waals surface area contributed by atoms with Crippen molar-refractivity contribution in [1.29, 1.82) is 0 Å². The molecular weight excluding hydrogens is 602 g/mol. The number of pyridine rings is 1. The number of H-pyrrole nitrogens is 1. The molecule has 0 saturated carbocycles. The number of fused-ring (bicyclic) bond motifs is 2. The molecule has 2 saturated heterocycles. The van der Waals surface area contributed by atoms with Crippen LogP contribution in [-0.2, 0) is 9.53 Å². The van der Waals surface area contributed by atoms with Crippen LogP contribution in [0.2, 0.25) is 10.2 Å². The second kappa shape index (κ2) is 12.1. The van der Waals surface area contributed by atoms with Gasteiger partial charge in [-0.3, -0.25) is 14.8 Å². The third kappa shape index (κ3) is 5.77. The molecule has 4 aromatic rings. The van der Waals surface area contributed by atoms with Crippen LogP contribution in [0.25, 0.3) is 21.8 Å². The number of nitrogens with zero attached hydrogens (tertiary/aromatic N) is 7. The van der Waals surface area contributed by atoms with Gasteiger partial charge in [0.15, 0.2) is 5.75 Å². The van der Waals surface area contributed by atoms with Crippen LogP contribution in [0.3, 0.4) is 0 Å². The number of aromatic amines is 1. The Labute approximate surface area is 256 Å². The van der Waals surface area contributed by atoms with Gasteiger partial charge in [-0.2, -0.15) is 20.1 Å². The van der Waals surface area contributed by atoms with E-state index >= 15 is 0 Å². The van der Waals surface area contributed by atoms with Crippen molar-refractivity contribution in [2.45, 2.75) is 18.6 Å². The zero-order chi connectivity index (χ0) is 30.2. The van der Waals surface area contributed by atoms with Crippen molar-refractivity contribution in [1.82, 2.24) is 34.9 Å². The zero-order valence-corrected chi connectivity index (χ0v) is 25.0. The average molecular weight is 631 g/mol. The van der Waals surface area contributed by atoms with Crippen molar-refractivity contribution in [2.24, 2.45) is 0 Å². The van der Waals surface area contributed by atoms with Gasteiger partial charge in [0.2, 0.25) is 11.8 Å². The molecule has 15 heteroatoms. The molecule has 1 aromatic carbocycles. The van der Waals surface area contributed by atoms with E-state index in [2.05, 4.69) is 31.6 Å². The van der Waals surface area contributed by atoms with Gasteiger partial charge in [0, 0.05) is 51.9 Å². The molecule has 2 aliphatic rings. The molecule has 6 rings (SSSR count). The highest BCUT2D eigenvalue weighted by molar-refractivity contribution is 6.33. The molecule has 0 aliphatic carbocycles. The summed E-state index contributed by atoms with van der Waals surface area (Å²) in [5, 5.41) is 7.56. The van der Waals surface area contributed by atoms with Crippen LogP contribution in [0.5, 0.6) is 17.6 Å². The van der Waals surface area contributed by atoms with Gasteiger partial charge in [0.1, 0.15) is 33.9 Å². The number of anilines is 1. The number of hydrogen-bond donors (Lipinski definition) is 1. The van der Waals surface area contributed by atoms with E-state index < -0.39 is 5.82 Å². The largest absolute Gasteiger partial charge is 0.462 e. The van der Waals surface area contributed by atoms with Crippen LogP contribution in [0.1, 0.15) is 6.42 Å². The van der Waals surface area contributed by atoms with Crippen molar-refractivity contribution in [2.75, 3.05) is 58.4 Å². The van der Waals surface area contributed by atoms with Crippen LogP contribution >= 0.6 is 23.2 Å². The molecule has 3 aromatic heterocycles. The lowest BCUT2D eigenvalue weighted by atomic mass is 10.2. The highest BCUT2D eigenvalue weighted by Crippen LogP contribution is 2.41. The highest BCUT2D eigenvalue weighted by Gasteiger charge is 2.31. The number of methoxy groups -OCH3 is 1. The monoisotopic (exact) mass is 630 g/mol. The number of ether oxygens (including phenoxy) is 3. The number of piperazine rings is 1. The van der Waals surface area contributed by atoms with Crippen molar-refractivity contribution in [3.8, 4) is 17.6 Å². The number of likely N-dealkylation sites (tertiary alicyclic amines) is 1. The SMILES string of the molecule is C=CC(=O)N1CCN(c2nc(OC[C@@H]3C[C@H](OC)CN3C)nc3c(Oc4c(Cl)c(F)cc5[nH]ncc45)nc(Cl)cc23)CC1. The molecule has 0 radical (unpaired) electrons. The van der Waals surface area contributed by atoms with Crippen LogP contribution in [-0.4, -0.2) is 106 Å². The predicted molar refractivity (Wildman–Crippen MR) is 160 cm³/mol. The fourth-order valence-corrected chi connectivity index (χ4v) is 5.83. The van der Waals surface area contributed by atoms with Gasteiger partial charge >= 0.3 is 6.01 Å². The first-order valence-corrected chi connectivity index (χ1v) is 14.4. The van der Waals surface area contributed by atoms with Gasteiger partial charge in [-0.1, -0.05) is 29.8 Å². The second-order valence-corrected chi connectivity index (χ2v) is 11.2. The maximum absolute atomic E-state index is 14.7. The Bertz CT molecular complexity index is 1700. The zero-order valence-electron chi connectivity index (χ0n) is 23.5. The lowest BCUT2D eigenvalue weighted by Crippen LogP contribution is -2.48. The fraction of sp³-hybridized carbons (Fsp3) is 0.393. The van der Waals surface area contributed by atoms with Crippen LogP contribution in [0.4, 0.5) is 10.2 Å². The minimum absolute atomic E-state index is 0.0103. The summed E-state index contributed by atoms with van der Waals surface area (Å²) in [6, 6.07) is 3.08. The summed E-state index contributed by atoms with van der Waals surface area (Å²) in [6.45, 7) is 6.63. The molecule has 2 atom stereocenters. The van der Waals surface area contributed by atoms with E-state index in [-0.39, 0.29) is 45.9 Å². The topological polar surface area (TPSA) is 122 Å². The Morgan fingerprint density at radius 1 is 1.19 bits per heavy atom. The molecule has 2 aliphatic heterocycles. The standard InChI is InChI=1S/C28H29Cl2FN8O4/c1-4-22(40)38-5-7-39(8-6-38)26-17-10-21(29)33-27(43-25-18-12-32-36-20(18)11-19(31)23(25)30)24(17)34-28(35-26)42-14-15-9-16(41-3)13-37(15)2/h4,10-12,15-16H,1,5-9,13-14H2,2-3H3,(H,32,36)/t15-,16-/m0/s1. The fourth-order valence-electron chi connectivity index (χ4n) is 5.44. The summed E-state index contributed by atoms with van der Waals surface area (Å²) >= 11 is 12.8. The summed E-state index contributed by atoms with van der Waals surface area (Å²) in [4.78, 5) is 31.9. The highest BCUT2D eigenvalue weighted by atomic mass is 35.5. The number of carbonyl (C=O) groups excluding carboxylic acids is 1. The van der Waals surface area contributed by atoms with Gasteiger partial charge < -0.3 is 24.0 Å². The summed E-state index contributed by atoms with van der Waals surface area (Å²) in [5.41, 5.74) is 0.685. The smallest absolute Gasteiger partial charge is 0.319 e. The van der Waals surface area contributed by atoms with Gasteiger partial charge in [-0.05, 0) is 25.6 Å². The maximum Gasteiger partial charge on any atom is 0.319 e. The molecule has 0 bridgehead atoms. The Morgan fingerprint density at radius 2 is 1.98 bits per heavy atom. The molecule has 226 valence electrons. The number of carbonyl (C=O) groups is 1. The second-order valence-electron chi connectivity index (χ2n) is 10.4. The van der Waals surface area contributed by atoms with Gasteiger partial charge in [0.05, 0.1) is 28.6 Å². The summed E-state index contributed by atoms with van der Waals surface area (Å²) in [6.07, 6.45) is 3.70. The minimum Gasteiger partial charge on any atom is -0.462 e. The van der Waals surface area contributed by atoms with Crippen LogP contribution in [0.15, 0.2) is 31.0 Å². The minimum atomic E-state index is -0.693. The van der Waals surface area contributed by atoms with Crippen LogP contribution < -0.4 is 14.4 Å². The van der Waals surface area contributed by atoms with E-state index in [0.717, 1.165) is 13.0 Å². The molecule has 2 fully saturated rings. The summed E-state index contributed by atoms with van der Waals surface area (Å²) < 4.78 is 32.5. The Kier molecular flexibility index (Phi) is 8.23. The first kappa shape index (κ1) is 29.3. The number of nitrogens with one attached hydrogen (secondary N) is 1. The summed E-state index contributed by atoms with van der Waals surface area (Å²) in [7, 11) is 3.71. The van der Waals surface area contributed by atoms with E-state index in [4.69, 9.17) is 42.4 Å². The predicted octanol–water partition coefficient (Wildman–Crippen LogP) is 4.07. The van der Waals surface area contributed by atoms with Gasteiger partial charge in [0.25, 0.3) is 0 Å². The van der Waals surface area contributed by atoms with Gasteiger partial charge in [-0.25, -0.2) is 4.39 Å². The number of amides is 1. The molecule has 5 heterocycles. The van der Waals surface area contributed by atoms with Gasteiger partial charge in [-0.15, -0.1) is 0 Å². The number of aromatic nitrogens is 5. The first-order chi connectivity index (χ1) is 20.7. The average Bonchev–Trinajstić information content (AvgIpc) is 3.63. The maximum atomic E-state index is 14.7. The Hall–Kier alpha value is -3.78. The number of halogens is 3. The molecular formula is C28H29Cl2FN8O4. The van der Waals surface area contributed by atoms with Crippen molar-refractivity contribution in [3.05, 3.63) is 47.0 Å². The van der Waals surface area contributed by atoms with Crippen molar-refractivity contribution < 1.29 is 23.4 Å². The Balaban J connectivity index is 1.41. The first-order valence-electron chi connectivity index (χ1n) is 13.6. The van der Waals surface area contributed by atoms with E-state index in [1.54, 1.807) is 18.1 Å². The Morgan fingerprint density at radius 3 is 2.70 bits per heavy atom. The van der Waals surface area contributed by atoms with Crippen molar-refractivity contribution >= 4 is 56.7 Å². The molecule has 43 heavy (non-hydrogen) atoms. The third-order valence-corrected chi connectivity index (χ3v) is 8.37.